The number of nitro groups is 1. The zero-order valence-electron chi connectivity index (χ0n) is 13.6. The summed E-state index contributed by atoms with van der Waals surface area (Å²) in [6.45, 7) is 6.79. The average molecular weight is 358 g/mol. The molecule has 1 aliphatic heterocycles. The number of hydrogen-bond donors (Lipinski definition) is 2. The van der Waals surface area contributed by atoms with Crippen LogP contribution in [0.4, 0.5) is 11.4 Å². The zero-order chi connectivity index (χ0) is 17.9. The summed E-state index contributed by atoms with van der Waals surface area (Å²) in [6.07, 6.45) is 0.293. The maximum atomic E-state index is 11.7. The Bertz CT molecular complexity index is 699. The van der Waals surface area contributed by atoms with Crippen molar-refractivity contribution in [3.63, 3.8) is 0 Å². The molecule has 1 fully saturated rings. The van der Waals surface area contributed by atoms with E-state index in [-0.39, 0.29) is 28.5 Å². The van der Waals surface area contributed by atoms with Gasteiger partial charge in [-0.15, -0.1) is 0 Å². The van der Waals surface area contributed by atoms with E-state index in [2.05, 4.69) is 10.2 Å². The fourth-order valence-corrected chi connectivity index (χ4v) is 3.55. The monoisotopic (exact) mass is 358 g/mol. The second-order valence-electron chi connectivity index (χ2n) is 5.93. The van der Waals surface area contributed by atoms with Crippen LogP contribution >= 0.6 is 0 Å². The second kappa shape index (κ2) is 7.43. The van der Waals surface area contributed by atoms with Crippen LogP contribution in [0.3, 0.4) is 0 Å². The number of hydrogen-bond acceptors (Lipinski definition) is 7. The lowest BCUT2D eigenvalue weighted by Crippen LogP contribution is -2.46. The van der Waals surface area contributed by atoms with Crippen LogP contribution in [-0.4, -0.2) is 56.6 Å². The molecule has 2 unspecified atom stereocenters. The smallest absolute Gasteiger partial charge is 0.270 e. The lowest BCUT2D eigenvalue weighted by atomic mass is 10.2. The molecule has 1 saturated heterocycles. The summed E-state index contributed by atoms with van der Waals surface area (Å²) in [5.74, 6) is 0. The summed E-state index contributed by atoms with van der Waals surface area (Å²) >= 11 is 0. The third-order valence-corrected chi connectivity index (χ3v) is 4.67. The molecule has 2 rings (SSSR count). The van der Waals surface area contributed by atoms with E-state index in [9.17, 15) is 18.5 Å². The average Bonchev–Trinajstić information content (AvgIpc) is 2.45. The number of non-ortho nitro benzene ring substituents is 1. The molecule has 0 spiro atoms. The summed E-state index contributed by atoms with van der Waals surface area (Å²) in [7, 11) is -4.06. The van der Waals surface area contributed by atoms with Crippen LogP contribution in [0, 0.1) is 10.1 Å². The second-order valence-corrected chi connectivity index (χ2v) is 7.46. The van der Waals surface area contributed by atoms with Crippen molar-refractivity contribution in [2.75, 3.05) is 31.5 Å². The molecule has 1 heterocycles. The number of morpholine rings is 1. The summed E-state index contributed by atoms with van der Waals surface area (Å²) in [5, 5.41) is 19.0. The molecule has 1 aromatic rings. The highest BCUT2D eigenvalue weighted by Gasteiger charge is 2.22. The standard InChI is InChI=1S/C14H22N4O5S/c1-10-8-17(9-11(2)23-10)6-5-16-13-4-3-12(18(19)20)7-14(13)24(15,21)22/h3-4,7,10-11,16H,5-6,8-9H2,1-2H3,(H2,15,21,22). The maximum absolute atomic E-state index is 11.7. The highest BCUT2D eigenvalue weighted by atomic mass is 32.2. The predicted molar refractivity (Wildman–Crippen MR) is 89.4 cm³/mol. The minimum Gasteiger partial charge on any atom is -0.383 e. The summed E-state index contributed by atoms with van der Waals surface area (Å²) in [5.41, 5.74) is -0.0575. The molecule has 0 amide bonds. The largest absolute Gasteiger partial charge is 0.383 e. The van der Waals surface area contributed by atoms with Gasteiger partial charge in [-0.05, 0) is 19.9 Å². The number of nitro benzene ring substituents is 1. The molecule has 0 aromatic heterocycles. The minimum atomic E-state index is -4.06. The first-order chi connectivity index (χ1) is 11.2. The number of benzene rings is 1. The molecule has 3 N–H and O–H groups in total. The maximum Gasteiger partial charge on any atom is 0.270 e. The molecule has 0 aliphatic carbocycles. The Kier molecular flexibility index (Phi) is 5.75. The molecule has 134 valence electrons. The summed E-state index contributed by atoms with van der Waals surface area (Å²) in [6, 6.07) is 3.58. The Balaban J connectivity index is 2.05. The molecule has 2 atom stereocenters. The van der Waals surface area contributed by atoms with Crippen LogP contribution in [0.15, 0.2) is 23.1 Å². The third-order valence-electron chi connectivity index (χ3n) is 3.72. The van der Waals surface area contributed by atoms with Crippen LogP contribution in [0.1, 0.15) is 13.8 Å². The Morgan fingerprint density at radius 2 is 2.00 bits per heavy atom. The number of rotatable bonds is 6. The first kappa shape index (κ1) is 18.6. The molecular weight excluding hydrogens is 336 g/mol. The van der Waals surface area contributed by atoms with Gasteiger partial charge in [0.15, 0.2) is 0 Å². The number of nitrogens with zero attached hydrogens (tertiary/aromatic N) is 2. The Morgan fingerprint density at radius 1 is 1.38 bits per heavy atom. The lowest BCUT2D eigenvalue weighted by Gasteiger charge is -2.35. The number of primary sulfonamides is 1. The fourth-order valence-electron chi connectivity index (χ4n) is 2.82. The van der Waals surface area contributed by atoms with Crippen molar-refractivity contribution < 1.29 is 18.1 Å². The van der Waals surface area contributed by atoms with Gasteiger partial charge in [-0.25, -0.2) is 13.6 Å². The Labute approximate surface area is 141 Å². The molecule has 0 radical (unpaired) electrons. The number of nitrogens with two attached hydrogens (primary N) is 1. The van der Waals surface area contributed by atoms with E-state index in [1.165, 1.54) is 12.1 Å². The first-order valence-corrected chi connectivity index (χ1v) is 9.14. The third kappa shape index (κ3) is 4.87. The van der Waals surface area contributed by atoms with Crippen LogP contribution in [0.25, 0.3) is 0 Å². The topological polar surface area (TPSA) is 128 Å². The van der Waals surface area contributed by atoms with Gasteiger partial charge in [0.1, 0.15) is 4.90 Å². The van der Waals surface area contributed by atoms with Crippen molar-refractivity contribution in [2.45, 2.75) is 31.0 Å². The van der Waals surface area contributed by atoms with Crippen molar-refractivity contribution in [2.24, 2.45) is 5.14 Å². The van der Waals surface area contributed by atoms with Crippen LogP contribution < -0.4 is 10.5 Å². The van der Waals surface area contributed by atoms with Gasteiger partial charge in [-0.1, -0.05) is 0 Å². The highest BCUT2D eigenvalue weighted by Crippen LogP contribution is 2.25. The van der Waals surface area contributed by atoms with E-state index in [1.807, 2.05) is 13.8 Å². The van der Waals surface area contributed by atoms with E-state index in [0.29, 0.717) is 13.1 Å². The van der Waals surface area contributed by atoms with E-state index >= 15 is 0 Å². The predicted octanol–water partition coefficient (Wildman–Crippen LogP) is 0.763. The van der Waals surface area contributed by atoms with Crippen molar-refractivity contribution in [1.82, 2.24) is 4.90 Å². The van der Waals surface area contributed by atoms with Crippen molar-refractivity contribution in [3.8, 4) is 0 Å². The van der Waals surface area contributed by atoms with Crippen LogP contribution in [0.5, 0.6) is 0 Å². The SMILES string of the molecule is CC1CN(CCNc2ccc([N+](=O)[O-])cc2S(N)(=O)=O)CC(C)O1. The number of nitrogens with one attached hydrogen (secondary N) is 1. The van der Waals surface area contributed by atoms with Gasteiger partial charge < -0.3 is 10.1 Å². The van der Waals surface area contributed by atoms with Gasteiger partial charge >= 0.3 is 0 Å². The van der Waals surface area contributed by atoms with E-state index in [1.54, 1.807) is 0 Å². The molecule has 0 saturated carbocycles. The van der Waals surface area contributed by atoms with Crippen molar-refractivity contribution in [3.05, 3.63) is 28.3 Å². The molecule has 9 nitrogen and oxygen atoms in total. The van der Waals surface area contributed by atoms with Gasteiger partial charge in [0.25, 0.3) is 5.69 Å². The molecule has 10 heteroatoms. The molecule has 24 heavy (non-hydrogen) atoms. The van der Waals surface area contributed by atoms with E-state index < -0.39 is 14.9 Å². The normalized spacial score (nSPS) is 22.3. The van der Waals surface area contributed by atoms with Gasteiger partial charge in [0.05, 0.1) is 22.8 Å². The summed E-state index contributed by atoms with van der Waals surface area (Å²) in [4.78, 5) is 12.1. The van der Waals surface area contributed by atoms with Crippen molar-refractivity contribution >= 4 is 21.4 Å². The van der Waals surface area contributed by atoms with Gasteiger partial charge in [-0.2, -0.15) is 0 Å². The van der Waals surface area contributed by atoms with Crippen LogP contribution in [-0.2, 0) is 14.8 Å². The number of anilines is 1. The zero-order valence-corrected chi connectivity index (χ0v) is 14.5. The van der Waals surface area contributed by atoms with Gasteiger partial charge in [0.2, 0.25) is 10.0 Å². The molecule has 1 aliphatic rings. The van der Waals surface area contributed by atoms with Crippen molar-refractivity contribution in [1.29, 1.82) is 0 Å². The molecular formula is C14H22N4O5S. The van der Waals surface area contributed by atoms with E-state index in [4.69, 9.17) is 9.88 Å². The summed E-state index contributed by atoms with van der Waals surface area (Å²) < 4.78 is 29.0. The lowest BCUT2D eigenvalue weighted by molar-refractivity contribution is -0.385. The fraction of sp³-hybridized carbons (Fsp3) is 0.571. The number of ether oxygens (including phenoxy) is 1. The Morgan fingerprint density at radius 3 is 2.54 bits per heavy atom. The highest BCUT2D eigenvalue weighted by molar-refractivity contribution is 7.89. The molecule has 0 bridgehead atoms. The molecule has 1 aromatic carbocycles. The first-order valence-electron chi connectivity index (χ1n) is 7.59. The quantitative estimate of drug-likeness (QED) is 0.567. The Hall–Kier alpha value is -1.75. The van der Waals surface area contributed by atoms with Gasteiger partial charge in [-0.3, -0.25) is 15.0 Å². The van der Waals surface area contributed by atoms with E-state index in [0.717, 1.165) is 19.2 Å². The van der Waals surface area contributed by atoms with Gasteiger partial charge in [0, 0.05) is 38.3 Å². The van der Waals surface area contributed by atoms with Crippen LogP contribution in [0.2, 0.25) is 0 Å². The number of sulfonamides is 1. The minimum absolute atomic E-state index is 0.146.